The molecule has 0 aliphatic rings. The zero-order chi connectivity index (χ0) is 10.7. The van der Waals surface area contributed by atoms with E-state index >= 15 is 0 Å². The van der Waals surface area contributed by atoms with Gasteiger partial charge in [-0.3, -0.25) is 0 Å². The molecular weight excluding hydrogens is 191 g/mol. The van der Waals surface area contributed by atoms with Crippen LogP contribution >= 0.6 is 0 Å². The Kier molecular flexibility index (Phi) is 3.40. The third kappa shape index (κ3) is 2.20. The molecule has 0 bridgehead atoms. The smallest absolute Gasteiger partial charge is 0.165 e. The molecule has 4 nitrogen and oxygen atoms in total. The Hall–Kier alpha value is -1.17. The minimum absolute atomic E-state index is 0.0989. The van der Waals surface area contributed by atoms with E-state index in [4.69, 9.17) is 15.3 Å². The van der Waals surface area contributed by atoms with Gasteiger partial charge >= 0.3 is 0 Å². The molecule has 0 saturated carbocycles. The van der Waals surface area contributed by atoms with Crippen LogP contribution in [0.1, 0.15) is 11.7 Å². The maximum Gasteiger partial charge on any atom is 0.165 e. The van der Waals surface area contributed by atoms with Crippen molar-refractivity contribution in [2.24, 2.45) is 0 Å². The summed E-state index contributed by atoms with van der Waals surface area (Å²) in [6.45, 7) is -0.621. The minimum Gasteiger partial charge on any atom is -0.505 e. The van der Waals surface area contributed by atoms with E-state index in [1.54, 1.807) is 0 Å². The van der Waals surface area contributed by atoms with E-state index < -0.39 is 30.4 Å². The van der Waals surface area contributed by atoms with Crippen molar-refractivity contribution in [1.82, 2.24) is 0 Å². The molecule has 14 heavy (non-hydrogen) atoms. The standard InChI is InChI=1S/C9H11FO4/c10-6-3-5(1-2-7(6)12)9(14)8(13)4-11/h1-3,8-9,11-14H,4H2. The number of halogens is 1. The lowest BCUT2D eigenvalue weighted by molar-refractivity contribution is -0.0154. The molecule has 1 rings (SSSR count). The average Bonchev–Trinajstić information content (AvgIpc) is 2.20. The highest BCUT2D eigenvalue weighted by molar-refractivity contribution is 5.29. The van der Waals surface area contributed by atoms with Crippen LogP contribution in [0.15, 0.2) is 18.2 Å². The van der Waals surface area contributed by atoms with E-state index in [0.717, 1.165) is 12.1 Å². The summed E-state index contributed by atoms with van der Waals surface area (Å²) in [6.07, 6.45) is -2.73. The van der Waals surface area contributed by atoms with Gasteiger partial charge < -0.3 is 20.4 Å². The van der Waals surface area contributed by atoms with Crippen molar-refractivity contribution in [2.75, 3.05) is 6.61 Å². The Balaban J connectivity index is 2.91. The van der Waals surface area contributed by atoms with Gasteiger partial charge in [-0.1, -0.05) is 6.07 Å². The summed E-state index contributed by atoms with van der Waals surface area (Å²) >= 11 is 0. The van der Waals surface area contributed by atoms with Crippen molar-refractivity contribution in [2.45, 2.75) is 12.2 Å². The number of benzene rings is 1. The first kappa shape index (κ1) is 10.9. The molecule has 0 aliphatic carbocycles. The second-order valence-corrected chi connectivity index (χ2v) is 2.91. The SMILES string of the molecule is OCC(O)C(O)c1ccc(O)c(F)c1. The maximum atomic E-state index is 12.8. The molecule has 1 aromatic rings. The van der Waals surface area contributed by atoms with Crippen LogP contribution in [-0.2, 0) is 0 Å². The molecule has 2 atom stereocenters. The molecule has 1 aromatic carbocycles. The number of phenolic OH excluding ortho intramolecular Hbond substituents is 1. The monoisotopic (exact) mass is 202 g/mol. The van der Waals surface area contributed by atoms with E-state index in [2.05, 4.69) is 0 Å². The second kappa shape index (κ2) is 4.36. The molecule has 0 aliphatic heterocycles. The molecule has 0 heterocycles. The Morgan fingerprint density at radius 3 is 2.43 bits per heavy atom. The van der Waals surface area contributed by atoms with Gasteiger partial charge in [0.15, 0.2) is 11.6 Å². The number of aliphatic hydroxyl groups excluding tert-OH is 3. The van der Waals surface area contributed by atoms with Gasteiger partial charge in [0.05, 0.1) is 6.61 Å². The van der Waals surface area contributed by atoms with Gasteiger partial charge in [0, 0.05) is 0 Å². The van der Waals surface area contributed by atoms with Gasteiger partial charge in [0.2, 0.25) is 0 Å². The van der Waals surface area contributed by atoms with Gasteiger partial charge in [-0.15, -0.1) is 0 Å². The summed E-state index contributed by atoms with van der Waals surface area (Å²) in [5, 5.41) is 35.8. The predicted octanol–water partition coefficient (Wildman–Crippen LogP) is -0.0821. The van der Waals surface area contributed by atoms with Gasteiger partial charge in [-0.05, 0) is 17.7 Å². The van der Waals surface area contributed by atoms with Crippen molar-refractivity contribution in [3.8, 4) is 5.75 Å². The van der Waals surface area contributed by atoms with E-state index in [1.807, 2.05) is 0 Å². The summed E-state index contributed by atoms with van der Waals surface area (Å²) in [5.74, 6) is -1.41. The molecule has 0 amide bonds. The van der Waals surface area contributed by atoms with Crippen molar-refractivity contribution in [3.05, 3.63) is 29.6 Å². The van der Waals surface area contributed by atoms with Gasteiger partial charge in [-0.2, -0.15) is 0 Å². The molecular formula is C9H11FO4. The Bertz CT molecular complexity index is 316. The fourth-order valence-electron chi connectivity index (χ4n) is 1.03. The normalized spacial score (nSPS) is 15.1. The zero-order valence-corrected chi connectivity index (χ0v) is 7.26. The Morgan fingerprint density at radius 1 is 1.29 bits per heavy atom. The molecule has 0 saturated heterocycles. The maximum absolute atomic E-state index is 12.8. The average molecular weight is 202 g/mol. The molecule has 0 fully saturated rings. The topological polar surface area (TPSA) is 80.9 Å². The first-order valence-corrected chi connectivity index (χ1v) is 4.01. The third-order valence-corrected chi connectivity index (χ3v) is 1.86. The van der Waals surface area contributed by atoms with E-state index in [1.165, 1.54) is 6.07 Å². The van der Waals surface area contributed by atoms with Crippen LogP contribution in [0.25, 0.3) is 0 Å². The van der Waals surface area contributed by atoms with Crippen LogP contribution in [-0.4, -0.2) is 33.1 Å². The molecule has 78 valence electrons. The van der Waals surface area contributed by atoms with Crippen molar-refractivity contribution >= 4 is 0 Å². The van der Waals surface area contributed by atoms with Crippen molar-refractivity contribution in [1.29, 1.82) is 0 Å². The molecule has 4 N–H and O–H groups in total. The van der Waals surface area contributed by atoms with Gasteiger partial charge in [0.25, 0.3) is 0 Å². The summed E-state index contributed by atoms with van der Waals surface area (Å²) in [5.41, 5.74) is 0.0989. The van der Waals surface area contributed by atoms with Gasteiger partial charge in [-0.25, -0.2) is 4.39 Å². The van der Waals surface area contributed by atoms with Crippen molar-refractivity contribution in [3.63, 3.8) is 0 Å². The fraction of sp³-hybridized carbons (Fsp3) is 0.333. The third-order valence-electron chi connectivity index (χ3n) is 1.86. The number of aromatic hydroxyl groups is 1. The first-order chi connectivity index (χ1) is 6.56. The number of aliphatic hydroxyl groups is 3. The highest BCUT2D eigenvalue weighted by atomic mass is 19.1. The highest BCUT2D eigenvalue weighted by Gasteiger charge is 2.18. The summed E-state index contributed by atoms with van der Waals surface area (Å²) < 4.78 is 12.8. The van der Waals surface area contributed by atoms with Crippen molar-refractivity contribution < 1.29 is 24.8 Å². The Morgan fingerprint density at radius 2 is 1.93 bits per heavy atom. The Labute approximate surface area is 79.9 Å². The summed E-state index contributed by atoms with van der Waals surface area (Å²) in [7, 11) is 0. The van der Waals surface area contributed by atoms with Crippen LogP contribution < -0.4 is 0 Å². The van der Waals surface area contributed by atoms with Crippen LogP contribution in [0, 0.1) is 5.82 Å². The van der Waals surface area contributed by atoms with Gasteiger partial charge in [0.1, 0.15) is 12.2 Å². The summed E-state index contributed by atoms with van der Waals surface area (Å²) in [6, 6.07) is 3.23. The van der Waals surface area contributed by atoms with Crippen LogP contribution in [0.3, 0.4) is 0 Å². The van der Waals surface area contributed by atoms with Crippen LogP contribution in [0.4, 0.5) is 4.39 Å². The number of hydrogen-bond acceptors (Lipinski definition) is 4. The highest BCUT2D eigenvalue weighted by Crippen LogP contribution is 2.22. The second-order valence-electron chi connectivity index (χ2n) is 2.91. The lowest BCUT2D eigenvalue weighted by Crippen LogP contribution is -2.22. The van der Waals surface area contributed by atoms with Crippen LogP contribution in [0.5, 0.6) is 5.75 Å². The molecule has 5 heteroatoms. The lowest BCUT2D eigenvalue weighted by Gasteiger charge is -2.15. The number of rotatable bonds is 3. The molecule has 0 aromatic heterocycles. The van der Waals surface area contributed by atoms with E-state index in [-0.39, 0.29) is 5.56 Å². The number of hydrogen-bond donors (Lipinski definition) is 4. The minimum atomic E-state index is -1.37. The van der Waals surface area contributed by atoms with E-state index in [9.17, 15) is 9.50 Å². The lowest BCUT2D eigenvalue weighted by atomic mass is 10.0. The van der Waals surface area contributed by atoms with E-state index in [0.29, 0.717) is 0 Å². The quantitative estimate of drug-likeness (QED) is 0.552. The number of phenols is 1. The first-order valence-electron chi connectivity index (χ1n) is 4.01. The molecule has 2 unspecified atom stereocenters. The van der Waals surface area contributed by atoms with Crippen LogP contribution in [0.2, 0.25) is 0 Å². The summed E-state index contributed by atoms with van der Waals surface area (Å²) in [4.78, 5) is 0. The predicted molar refractivity (Wildman–Crippen MR) is 46.1 cm³/mol. The molecule has 0 radical (unpaired) electrons. The molecule has 0 spiro atoms. The zero-order valence-electron chi connectivity index (χ0n) is 7.26. The fourth-order valence-corrected chi connectivity index (χ4v) is 1.03. The largest absolute Gasteiger partial charge is 0.505 e.